The molecule has 0 bridgehead atoms. The first-order valence-corrected chi connectivity index (χ1v) is 6.79. The summed E-state index contributed by atoms with van der Waals surface area (Å²) >= 11 is 0. The molecule has 5 heteroatoms. The van der Waals surface area contributed by atoms with Crippen LogP contribution in [0.1, 0.15) is 29.2 Å². The van der Waals surface area contributed by atoms with Crippen molar-refractivity contribution in [3.05, 3.63) is 65.5 Å². The van der Waals surface area contributed by atoms with Gasteiger partial charge in [0.15, 0.2) is 0 Å². The van der Waals surface area contributed by atoms with Crippen LogP contribution in [-0.2, 0) is 6.54 Å². The largest absolute Gasteiger partial charge is 0.329 e. The van der Waals surface area contributed by atoms with E-state index >= 15 is 0 Å². The third kappa shape index (κ3) is 4.06. The highest BCUT2D eigenvalue weighted by molar-refractivity contribution is 5.26. The van der Waals surface area contributed by atoms with Crippen LogP contribution in [0.4, 0.5) is 8.78 Å². The normalized spacial score (nSPS) is 12.9. The molecule has 0 aliphatic heterocycles. The number of benzene rings is 1. The SMILES string of the molecule is CN(Cc1ccncc1)C(CN)c1ccc(C(F)F)cc1. The quantitative estimate of drug-likeness (QED) is 0.889. The molecule has 0 saturated heterocycles. The molecule has 2 rings (SSSR count). The van der Waals surface area contributed by atoms with E-state index in [0.717, 1.165) is 17.7 Å². The maximum atomic E-state index is 12.6. The van der Waals surface area contributed by atoms with Crippen LogP contribution < -0.4 is 5.73 Å². The minimum absolute atomic E-state index is 0.00936. The van der Waals surface area contributed by atoms with Gasteiger partial charge in [-0.25, -0.2) is 8.78 Å². The molecule has 0 saturated carbocycles. The van der Waals surface area contributed by atoms with E-state index in [1.54, 1.807) is 24.5 Å². The Balaban J connectivity index is 2.11. The lowest BCUT2D eigenvalue weighted by molar-refractivity contribution is 0.151. The fraction of sp³-hybridized carbons (Fsp3) is 0.312. The van der Waals surface area contributed by atoms with Crippen LogP contribution in [0, 0.1) is 0 Å². The number of pyridine rings is 1. The molecule has 0 aliphatic carbocycles. The molecule has 3 nitrogen and oxygen atoms in total. The summed E-state index contributed by atoms with van der Waals surface area (Å²) in [4.78, 5) is 6.09. The van der Waals surface area contributed by atoms with E-state index in [0.29, 0.717) is 6.54 Å². The maximum Gasteiger partial charge on any atom is 0.263 e. The van der Waals surface area contributed by atoms with Gasteiger partial charge in [-0.15, -0.1) is 0 Å². The molecule has 0 radical (unpaired) electrons. The molecule has 0 aliphatic rings. The number of rotatable bonds is 6. The Bertz CT molecular complexity index is 543. The second-order valence-electron chi connectivity index (χ2n) is 4.99. The average molecular weight is 291 g/mol. The Morgan fingerprint density at radius 2 is 1.62 bits per heavy atom. The van der Waals surface area contributed by atoms with E-state index in [1.165, 1.54) is 12.1 Å². The van der Waals surface area contributed by atoms with E-state index in [2.05, 4.69) is 9.88 Å². The zero-order valence-electron chi connectivity index (χ0n) is 11.9. The highest BCUT2D eigenvalue weighted by atomic mass is 19.3. The molecule has 0 fully saturated rings. The second-order valence-corrected chi connectivity index (χ2v) is 4.99. The van der Waals surface area contributed by atoms with Crippen LogP contribution in [0.15, 0.2) is 48.8 Å². The van der Waals surface area contributed by atoms with Gasteiger partial charge in [0.25, 0.3) is 6.43 Å². The standard InChI is InChI=1S/C16H19F2N3/c1-21(11-12-6-8-20-9-7-12)15(10-19)13-2-4-14(5-3-13)16(17)18/h2-9,15-16H,10-11,19H2,1H3. The molecular formula is C16H19F2N3. The number of aromatic nitrogens is 1. The van der Waals surface area contributed by atoms with Gasteiger partial charge in [0.1, 0.15) is 0 Å². The molecule has 1 unspecified atom stereocenters. The van der Waals surface area contributed by atoms with Crippen LogP contribution in [-0.4, -0.2) is 23.5 Å². The minimum atomic E-state index is -2.44. The smallest absolute Gasteiger partial charge is 0.263 e. The van der Waals surface area contributed by atoms with Crippen molar-refractivity contribution < 1.29 is 8.78 Å². The van der Waals surface area contributed by atoms with Gasteiger partial charge >= 0.3 is 0 Å². The van der Waals surface area contributed by atoms with Crippen molar-refractivity contribution in [2.45, 2.75) is 19.0 Å². The van der Waals surface area contributed by atoms with Crippen LogP contribution in [0.25, 0.3) is 0 Å². The maximum absolute atomic E-state index is 12.6. The summed E-state index contributed by atoms with van der Waals surface area (Å²) in [5.41, 5.74) is 7.97. The van der Waals surface area contributed by atoms with Crippen molar-refractivity contribution in [2.24, 2.45) is 5.73 Å². The van der Waals surface area contributed by atoms with Gasteiger partial charge in [0.2, 0.25) is 0 Å². The second kappa shape index (κ2) is 7.24. The minimum Gasteiger partial charge on any atom is -0.329 e. The lowest BCUT2D eigenvalue weighted by Crippen LogP contribution is -2.30. The zero-order valence-corrected chi connectivity index (χ0v) is 11.9. The Labute approximate surface area is 123 Å². The Morgan fingerprint density at radius 1 is 1.05 bits per heavy atom. The van der Waals surface area contributed by atoms with Crippen molar-refractivity contribution in [3.8, 4) is 0 Å². The topological polar surface area (TPSA) is 42.2 Å². The molecular weight excluding hydrogens is 272 g/mol. The molecule has 1 heterocycles. The van der Waals surface area contributed by atoms with Crippen molar-refractivity contribution in [1.29, 1.82) is 0 Å². The average Bonchev–Trinajstić information content (AvgIpc) is 2.49. The molecule has 1 atom stereocenters. The molecule has 2 N–H and O–H groups in total. The zero-order chi connectivity index (χ0) is 15.2. The number of halogens is 2. The number of nitrogens with zero attached hydrogens (tertiary/aromatic N) is 2. The summed E-state index contributed by atoms with van der Waals surface area (Å²) in [6, 6.07) is 10.3. The predicted octanol–water partition coefficient (Wildman–Crippen LogP) is 3.15. The Hall–Kier alpha value is -1.85. The van der Waals surface area contributed by atoms with E-state index in [-0.39, 0.29) is 11.6 Å². The van der Waals surface area contributed by atoms with Crippen molar-refractivity contribution in [1.82, 2.24) is 9.88 Å². The van der Waals surface area contributed by atoms with Gasteiger partial charge in [0.05, 0.1) is 0 Å². The van der Waals surface area contributed by atoms with Crippen LogP contribution in [0.2, 0.25) is 0 Å². The van der Waals surface area contributed by atoms with Gasteiger partial charge in [-0.05, 0) is 30.3 Å². The van der Waals surface area contributed by atoms with Crippen LogP contribution in [0.5, 0.6) is 0 Å². The molecule has 21 heavy (non-hydrogen) atoms. The number of hydrogen-bond donors (Lipinski definition) is 1. The van der Waals surface area contributed by atoms with E-state index in [4.69, 9.17) is 5.73 Å². The fourth-order valence-electron chi connectivity index (χ4n) is 2.32. The van der Waals surface area contributed by atoms with Gasteiger partial charge in [-0.2, -0.15) is 0 Å². The Kier molecular flexibility index (Phi) is 5.36. The van der Waals surface area contributed by atoms with Crippen molar-refractivity contribution in [3.63, 3.8) is 0 Å². The summed E-state index contributed by atoms with van der Waals surface area (Å²) in [5, 5.41) is 0. The first kappa shape index (κ1) is 15.5. The van der Waals surface area contributed by atoms with Gasteiger partial charge in [-0.1, -0.05) is 24.3 Å². The van der Waals surface area contributed by atoms with Gasteiger partial charge in [-0.3, -0.25) is 9.88 Å². The van der Waals surface area contributed by atoms with Crippen molar-refractivity contribution in [2.75, 3.05) is 13.6 Å². The predicted molar refractivity (Wildman–Crippen MR) is 78.9 cm³/mol. The molecule has 112 valence electrons. The third-order valence-electron chi connectivity index (χ3n) is 3.51. The third-order valence-corrected chi connectivity index (χ3v) is 3.51. The summed E-state index contributed by atoms with van der Waals surface area (Å²) in [7, 11) is 1.97. The molecule has 0 amide bonds. The first-order valence-electron chi connectivity index (χ1n) is 6.79. The van der Waals surface area contributed by atoms with Gasteiger partial charge in [0, 0.05) is 37.1 Å². The fourth-order valence-corrected chi connectivity index (χ4v) is 2.32. The summed E-state index contributed by atoms with van der Waals surface area (Å²) < 4.78 is 25.2. The van der Waals surface area contributed by atoms with Crippen molar-refractivity contribution >= 4 is 0 Å². The lowest BCUT2D eigenvalue weighted by Gasteiger charge is -2.27. The molecule has 0 spiro atoms. The summed E-state index contributed by atoms with van der Waals surface area (Å²) in [6.45, 7) is 1.15. The van der Waals surface area contributed by atoms with Crippen LogP contribution in [0.3, 0.4) is 0 Å². The highest BCUT2D eigenvalue weighted by Gasteiger charge is 2.16. The molecule has 2 aromatic rings. The number of hydrogen-bond acceptors (Lipinski definition) is 3. The lowest BCUT2D eigenvalue weighted by atomic mass is 10.0. The van der Waals surface area contributed by atoms with Gasteiger partial charge < -0.3 is 5.73 Å². The number of alkyl halides is 2. The molecule has 1 aromatic heterocycles. The highest BCUT2D eigenvalue weighted by Crippen LogP contribution is 2.24. The van der Waals surface area contributed by atoms with E-state index in [1.807, 2.05) is 19.2 Å². The van der Waals surface area contributed by atoms with E-state index in [9.17, 15) is 8.78 Å². The summed E-state index contributed by atoms with van der Waals surface area (Å²) in [6.07, 6.45) is 1.06. The Morgan fingerprint density at radius 3 is 2.14 bits per heavy atom. The monoisotopic (exact) mass is 291 g/mol. The summed E-state index contributed by atoms with van der Waals surface area (Å²) in [5.74, 6) is 0. The molecule has 1 aromatic carbocycles. The van der Waals surface area contributed by atoms with Crippen LogP contribution >= 0.6 is 0 Å². The first-order chi connectivity index (χ1) is 10.1. The number of nitrogens with two attached hydrogens (primary N) is 1. The number of likely N-dealkylation sites (N-methyl/N-ethyl adjacent to an activating group) is 1. The van der Waals surface area contributed by atoms with E-state index < -0.39 is 6.43 Å².